The van der Waals surface area contributed by atoms with Crippen molar-refractivity contribution in [3.63, 3.8) is 0 Å². The molecule has 2 aromatic heterocycles. The van der Waals surface area contributed by atoms with Crippen molar-refractivity contribution in [2.45, 2.75) is 17.2 Å². The summed E-state index contributed by atoms with van der Waals surface area (Å²) in [6.45, 7) is 1.74. The predicted molar refractivity (Wildman–Crippen MR) is 165 cm³/mol. The summed E-state index contributed by atoms with van der Waals surface area (Å²) >= 11 is 2.41. The third-order valence-corrected chi connectivity index (χ3v) is 8.16. The molecule has 2 heterocycles. The second-order valence-electron chi connectivity index (χ2n) is 9.04. The van der Waals surface area contributed by atoms with E-state index in [0.29, 0.717) is 44.0 Å². The van der Waals surface area contributed by atoms with Crippen LogP contribution in [0.2, 0.25) is 0 Å². The molecule has 208 valence electrons. The molecule has 0 spiro atoms. The normalized spacial score (nSPS) is 11.4. The van der Waals surface area contributed by atoms with Gasteiger partial charge in [-0.05, 0) is 30.7 Å². The lowest BCUT2D eigenvalue weighted by molar-refractivity contribution is -0.384. The molecule has 42 heavy (non-hydrogen) atoms. The summed E-state index contributed by atoms with van der Waals surface area (Å²) in [5.74, 6) is 0.382. The zero-order chi connectivity index (χ0) is 29.6. The Morgan fingerprint density at radius 3 is 2.43 bits per heavy atom. The molecule has 1 atom stereocenters. The van der Waals surface area contributed by atoms with E-state index < -0.39 is 10.2 Å². The average Bonchev–Trinajstić information content (AvgIpc) is 3.49. The first-order valence-corrected chi connectivity index (χ1v) is 14.4. The molecule has 1 unspecified atom stereocenters. The number of thioether (sulfide) groups is 1. The van der Waals surface area contributed by atoms with E-state index in [9.17, 15) is 20.2 Å². The van der Waals surface area contributed by atoms with E-state index >= 15 is 0 Å². The van der Waals surface area contributed by atoms with Crippen molar-refractivity contribution >= 4 is 39.8 Å². The summed E-state index contributed by atoms with van der Waals surface area (Å²) in [7, 11) is 1.59. The van der Waals surface area contributed by atoms with Gasteiger partial charge in [-0.1, -0.05) is 66.4 Å². The fourth-order valence-corrected chi connectivity index (χ4v) is 5.79. The second-order valence-corrected chi connectivity index (χ2v) is 11.2. The number of thiazole rings is 1. The Kier molecular flexibility index (Phi) is 8.57. The molecule has 0 saturated heterocycles. The van der Waals surface area contributed by atoms with E-state index in [2.05, 4.69) is 16.4 Å². The van der Waals surface area contributed by atoms with Gasteiger partial charge in [-0.3, -0.25) is 14.9 Å². The number of benzene rings is 3. The molecule has 0 saturated carbocycles. The molecule has 9 nitrogen and oxygen atoms in total. The van der Waals surface area contributed by atoms with Crippen molar-refractivity contribution < 1.29 is 14.5 Å². The Morgan fingerprint density at radius 1 is 1.00 bits per heavy atom. The number of nitrogens with zero attached hydrogens (tertiary/aromatic N) is 4. The van der Waals surface area contributed by atoms with Crippen LogP contribution in [-0.2, 0) is 4.79 Å². The van der Waals surface area contributed by atoms with E-state index in [1.807, 2.05) is 60.7 Å². The van der Waals surface area contributed by atoms with Gasteiger partial charge in [0.25, 0.3) is 5.69 Å². The first-order chi connectivity index (χ1) is 20.4. The highest BCUT2D eigenvalue weighted by atomic mass is 32.2. The Balaban J connectivity index is 1.42. The third-order valence-electron chi connectivity index (χ3n) is 6.31. The molecule has 0 aliphatic heterocycles. The standard InChI is InChI=1S/C31H23N5O4S2/c1-19(29(37)35-31-34-28(18-41-31)22-9-6-10-23(15-22)36(38)39)42-30-26(17-32)25(20-11-13-24(40-2)14-12-20)16-27(33-30)21-7-4-3-5-8-21/h3-16,18-19H,1-2H3,(H,34,35,37). The summed E-state index contributed by atoms with van der Waals surface area (Å²) in [6.07, 6.45) is 0. The molecule has 1 N–H and O–H groups in total. The monoisotopic (exact) mass is 593 g/mol. The minimum absolute atomic E-state index is 0.0383. The van der Waals surface area contributed by atoms with Gasteiger partial charge >= 0.3 is 0 Å². The van der Waals surface area contributed by atoms with Gasteiger partial charge < -0.3 is 10.1 Å². The second kappa shape index (κ2) is 12.6. The van der Waals surface area contributed by atoms with Gasteiger partial charge in [0.1, 0.15) is 16.8 Å². The van der Waals surface area contributed by atoms with Crippen LogP contribution in [0.25, 0.3) is 33.6 Å². The zero-order valence-corrected chi connectivity index (χ0v) is 24.1. The highest BCUT2D eigenvalue weighted by molar-refractivity contribution is 8.00. The number of nitro groups is 1. The highest BCUT2D eigenvalue weighted by Gasteiger charge is 2.22. The number of carbonyl (C=O) groups is 1. The largest absolute Gasteiger partial charge is 0.497 e. The van der Waals surface area contributed by atoms with Crippen LogP contribution in [0.4, 0.5) is 10.8 Å². The molecule has 5 rings (SSSR count). The Bertz CT molecular complexity index is 1800. The number of ether oxygens (including phenoxy) is 1. The number of aromatic nitrogens is 2. The topological polar surface area (TPSA) is 131 Å². The number of nitrogens with one attached hydrogen (secondary N) is 1. The number of methoxy groups -OCH3 is 1. The molecule has 5 aromatic rings. The highest BCUT2D eigenvalue weighted by Crippen LogP contribution is 2.37. The lowest BCUT2D eigenvalue weighted by atomic mass is 9.99. The van der Waals surface area contributed by atoms with E-state index in [-0.39, 0.29) is 11.6 Å². The fourth-order valence-electron chi connectivity index (χ4n) is 4.14. The van der Waals surface area contributed by atoms with Crippen LogP contribution in [-0.4, -0.2) is 33.2 Å². The minimum atomic E-state index is -0.621. The molecule has 0 fully saturated rings. The van der Waals surface area contributed by atoms with E-state index in [0.717, 1.165) is 11.1 Å². The smallest absolute Gasteiger partial charge is 0.270 e. The van der Waals surface area contributed by atoms with Gasteiger partial charge in [-0.2, -0.15) is 5.26 Å². The lowest BCUT2D eigenvalue weighted by Crippen LogP contribution is -2.22. The summed E-state index contributed by atoms with van der Waals surface area (Å²) < 4.78 is 5.29. The molecular weight excluding hydrogens is 571 g/mol. The summed E-state index contributed by atoms with van der Waals surface area (Å²) in [5, 5.41) is 26.1. The van der Waals surface area contributed by atoms with Crippen molar-refractivity contribution in [1.29, 1.82) is 5.26 Å². The van der Waals surface area contributed by atoms with Crippen molar-refractivity contribution in [1.82, 2.24) is 9.97 Å². The number of carbonyl (C=O) groups excluding carboxylic acids is 1. The van der Waals surface area contributed by atoms with Crippen LogP contribution in [0, 0.1) is 21.4 Å². The van der Waals surface area contributed by atoms with Crippen LogP contribution in [0.5, 0.6) is 5.75 Å². The van der Waals surface area contributed by atoms with Crippen molar-refractivity contribution in [3.8, 4) is 45.5 Å². The number of hydrogen-bond donors (Lipinski definition) is 1. The summed E-state index contributed by atoms with van der Waals surface area (Å²) in [6, 6.07) is 27.4. The maximum Gasteiger partial charge on any atom is 0.270 e. The molecule has 0 aliphatic carbocycles. The molecule has 11 heteroatoms. The van der Waals surface area contributed by atoms with E-state index in [1.165, 1.54) is 35.2 Å². The van der Waals surface area contributed by atoms with Crippen molar-refractivity contribution in [2.75, 3.05) is 12.4 Å². The Labute approximate surface area is 250 Å². The summed E-state index contributed by atoms with van der Waals surface area (Å²) in [4.78, 5) is 33.1. The number of nitriles is 1. The fraction of sp³-hybridized carbons (Fsp3) is 0.0968. The van der Waals surface area contributed by atoms with Gasteiger partial charge in [-0.25, -0.2) is 9.97 Å². The molecule has 3 aromatic carbocycles. The number of hydrogen-bond acceptors (Lipinski definition) is 9. The van der Waals surface area contributed by atoms with Gasteiger partial charge in [-0.15, -0.1) is 11.3 Å². The first kappa shape index (κ1) is 28.5. The van der Waals surface area contributed by atoms with E-state index in [1.54, 1.807) is 31.5 Å². The first-order valence-electron chi connectivity index (χ1n) is 12.7. The summed E-state index contributed by atoms with van der Waals surface area (Å²) in [5.41, 5.74) is 4.51. The number of non-ortho nitro benzene ring substituents is 1. The number of nitro benzene ring substituents is 1. The molecular formula is C31H23N5O4S2. The van der Waals surface area contributed by atoms with Gasteiger partial charge in [0.2, 0.25) is 5.91 Å². The molecule has 0 radical (unpaired) electrons. The predicted octanol–water partition coefficient (Wildman–Crippen LogP) is 7.45. The number of pyridine rings is 1. The zero-order valence-electron chi connectivity index (χ0n) is 22.5. The molecule has 0 aliphatic rings. The SMILES string of the molecule is COc1ccc(-c2cc(-c3ccccc3)nc(SC(C)C(=O)Nc3nc(-c4cccc([N+](=O)[O-])c4)cs3)c2C#N)cc1. The quantitative estimate of drug-likeness (QED) is 0.106. The van der Waals surface area contributed by atoms with Crippen LogP contribution < -0.4 is 10.1 Å². The van der Waals surface area contributed by atoms with Gasteiger partial charge in [0.15, 0.2) is 5.13 Å². The van der Waals surface area contributed by atoms with Gasteiger partial charge in [0.05, 0.1) is 34.2 Å². The van der Waals surface area contributed by atoms with E-state index in [4.69, 9.17) is 9.72 Å². The molecule has 0 bridgehead atoms. The third kappa shape index (κ3) is 6.30. The van der Waals surface area contributed by atoms with Crippen molar-refractivity contribution in [2.24, 2.45) is 0 Å². The Hall–Kier alpha value is -5.05. The van der Waals surface area contributed by atoms with Crippen molar-refractivity contribution in [3.05, 3.63) is 106 Å². The number of rotatable bonds is 9. The van der Waals surface area contributed by atoms with Crippen LogP contribution in [0.1, 0.15) is 12.5 Å². The minimum Gasteiger partial charge on any atom is -0.497 e. The number of anilines is 1. The van der Waals surface area contributed by atoms with Crippen LogP contribution >= 0.6 is 23.1 Å². The van der Waals surface area contributed by atoms with Crippen LogP contribution in [0.3, 0.4) is 0 Å². The average molecular weight is 594 g/mol. The van der Waals surface area contributed by atoms with Crippen LogP contribution in [0.15, 0.2) is 95.3 Å². The maximum absolute atomic E-state index is 13.2. The Morgan fingerprint density at radius 2 is 1.74 bits per heavy atom. The number of amides is 1. The van der Waals surface area contributed by atoms with Gasteiger partial charge in [0, 0.05) is 34.2 Å². The lowest BCUT2D eigenvalue weighted by Gasteiger charge is -2.15. The molecule has 1 amide bonds. The maximum atomic E-state index is 13.2.